The zero-order chi connectivity index (χ0) is 23.9. The largest absolute Gasteiger partial charge is 0.497 e. The van der Waals surface area contributed by atoms with Crippen LogP contribution >= 0.6 is 0 Å². The van der Waals surface area contributed by atoms with Gasteiger partial charge in [-0.3, -0.25) is 9.59 Å². The number of amides is 2. The van der Waals surface area contributed by atoms with E-state index in [1.54, 1.807) is 78.9 Å². The summed E-state index contributed by atoms with van der Waals surface area (Å²) in [6.45, 7) is 0. The highest BCUT2D eigenvalue weighted by molar-refractivity contribution is 6.38. The van der Waals surface area contributed by atoms with Gasteiger partial charge in [0.15, 0.2) is 0 Å². The van der Waals surface area contributed by atoms with E-state index in [-0.39, 0.29) is 24.5 Å². The summed E-state index contributed by atoms with van der Waals surface area (Å²) in [6, 6.07) is 24.4. The first-order chi connectivity index (χ1) is 16.5. The van der Waals surface area contributed by atoms with E-state index in [9.17, 15) is 14.4 Å². The third-order valence-corrected chi connectivity index (χ3v) is 5.17. The van der Waals surface area contributed by atoms with E-state index in [0.717, 1.165) is 0 Å². The number of methoxy groups -OCH3 is 1. The smallest absolute Gasteiger partial charge is 0.355 e. The maximum Gasteiger partial charge on any atom is 0.355 e. The summed E-state index contributed by atoms with van der Waals surface area (Å²) in [6.07, 6.45) is -0.986. The lowest BCUT2D eigenvalue weighted by Gasteiger charge is -2.24. The van der Waals surface area contributed by atoms with Crippen LogP contribution in [0.2, 0.25) is 0 Å². The Kier molecular flexibility index (Phi) is 6.98. The summed E-state index contributed by atoms with van der Waals surface area (Å²) >= 11 is 0. The number of nitrogens with one attached hydrogen (secondary N) is 1. The Hall–Kier alpha value is -4.46. The van der Waals surface area contributed by atoms with Gasteiger partial charge < -0.3 is 14.8 Å². The van der Waals surface area contributed by atoms with E-state index >= 15 is 0 Å². The molecule has 172 valence electrons. The summed E-state index contributed by atoms with van der Waals surface area (Å²) in [4.78, 5) is 38.5. The predicted octanol–water partition coefficient (Wildman–Crippen LogP) is 4.10. The second-order valence-corrected chi connectivity index (χ2v) is 7.51. The van der Waals surface area contributed by atoms with E-state index in [4.69, 9.17) is 9.47 Å². The second-order valence-electron chi connectivity index (χ2n) is 7.51. The summed E-state index contributed by atoms with van der Waals surface area (Å²) in [5.41, 5.74) is 1.62. The lowest BCUT2D eigenvalue weighted by Crippen LogP contribution is -2.36. The number of ether oxygens (including phenoxy) is 2. The molecule has 1 N–H and O–H groups in total. The fraction of sp³-hybridized carbons (Fsp3) is 0.154. The van der Waals surface area contributed by atoms with Gasteiger partial charge in [0.2, 0.25) is 12.0 Å². The highest BCUT2D eigenvalue weighted by Gasteiger charge is 2.31. The maximum atomic E-state index is 13.1. The van der Waals surface area contributed by atoms with Gasteiger partial charge in [-0.25, -0.2) is 9.80 Å². The molecule has 8 nitrogen and oxygen atoms in total. The molecule has 8 heteroatoms. The van der Waals surface area contributed by atoms with Gasteiger partial charge in [0.05, 0.1) is 12.8 Å². The number of hydrogen-bond donors (Lipinski definition) is 1. The highest BCUT2D eigenvalue weighted by atomic mass is 16.5. The molecule has 1 aliphatic heterocycles. The molecule has 2 amide bonds. The maximum absolute atomic E-state index is 13.1. The first-order valence-electron chi connectivity index (χ1n) is 10.7. The summed E-state index contributed by atoms with van der Waals surface area (Å²) in [5, 5.41) is 8.18. The number of carbonyl (C=O) groups is 3. The fourth-order valence-electron chi connectivity index (χ4n) is 3.46. The molecule has 3 aromatic rings. The Labute approximate surface area is 196 Å². The standard InChI is InChI=1S/C26H23N3O5/c1-33-21-14-8-11-19(17-21)27-25(31)24(18-9-4-2-5-10-18)34-26(32)22-15-16-23(30)29(28-22)20-12-6-3-7-13-20/h2-14,17,24H,15-16H2,1H3,(H,27,31)/t24-/m0/s1. The number of anilines is 2. The molecule has 34 heavy (non-hydrogen) atoms. The van der Waals surface area contributed by atoms with Gasteiger partial charge in [-0.2, -0.15) is 5.10 Å². The van der Waals surface area contributed by atoms with Gasteiger partial charge >= 0.3 is 5.97 Å². The molecule has 0 saturated carbocycles. The van der Waals surface area contributed by atoms with E-state index in [1.165, 1.54) is 12.1 Å². The van der Waals surface area contributed by atoms with Gasteiger partial charge in [0.1, 0.15) is 11.5 Å². The van der Waals surface area contributed by atoms with Crippen LogP contribution in [0.25, 0.3) is 0 Å². The first kappa shape index (κ1) is 22.7. The van der Waals surface area contributed by atoms with Crippen LogP contribution in [0.3, 0.4) is 0 Å². The highest BCUT2D eigenvalue weighted by Crippen LogP contribution is 2.25. The van der Waals surface area contributed by atoms with Crippen LogP contribution in [-0.4, -0.2) is 30.6 Å². The van der Waals surface area contributed by atoms with Crippen LogP contribution in [0.5, 0.6) is 5.75 Å². The van der Waals surface area contributed by atoms with Gasteiger partial charge in [0.25, 0.3) is 5.91 Å². The molecule has 0 bridgehead atoms. The third-order valence-electron chi connectivity index (χ3n) is 5.17. The molecule has 1 aliphatic rings. The van der Waals surface area contributed by atoms with Crippen molar-refractivity contribution in [2.75, 3.05) is 17.4 Å². The SMILES string of the molecule is COc1cccc(NC(=O)[C@@H](OC(=O)C2=NN(c3ccccc3)C(=O)CC2)c2ccccc2)c1. The number of nitrogens with zero attached hydrogens (tertiary/aromatic N) is 2. The van der Waals surface area contributed by atoms with Crippen molar-refractivity contribution < 1.29 is 23.9 Å². The van der Waals surface area contributed by atoms with Gasteiger partial charge in [-0.05, 0) is 24.3 Å². The van der Waals surface area contributed by atoms with Crippen molar-refractivity contribution in [3.8, 4) is 5.75 Å². The van der Waals surface area contributed by atoms with Crippen molar-refractivity contribution in [3.05, 3.63) is 90.5 Å². The van der Waals surface area contributed by atoms with Crippen molar-refractivity contribution in [2.24, 2.45) is 5.10 Å². The van der Waals surface area contributed by atoms with Crippen LogP contribution in [0.1, 0.15) is 24.5 Å². The Morgan fingerprint density at radius 3 is 2.35 bits per heavy atom. The third kappa shape index (κ3) is 5.29. The predicted molar refractivity (Wildman–Crippen MR) is 127 cm³/mol. The molecule has 0 radical (unpaired) electrons. The summed E-state index contributed by atoms with van der Waals surface area (Å²) < 4.78 is 10.8. The Bertz CT molecular complexity index is 1210. The molecule has 0 unspecified atom stereocenters. The molecule has 3 aromatic carbocycles. The molecular weight excluding hydrogens is 434 g/mol. The van der Waals surface area contributed by atoms with Crippen molar-refractivity contribution in [2.45, 2.75) is 18.9 Å². The number of hydrogen-bond acceptors (Lipinski definition) is 6. The molecule has 1 heterocycles. The van der Waals surface area contributed by atoms with Crippen LogP contribution in [0.4, 0.5) is 11.4 Å². The van der Waals surface area contributed by atoms with Gasteiger partial charge in [-0.15, -0.1) is 0 Å². The average molecular weight is 457 g/mol. The van der Waals surface area contributed by atoms with E-state index in [0.29, 0.717) is 22.7 Å². The zero-order valence-electron chi connectivity index (χ0n) is 18.5. The van der Waals surface area contributed by atoms with Gasteiger partial charge in [-0.1, -0.05) is 54.6 Å². The molecule has 1 atom stereocenters. The fourth-order valence-corrected chi connectivity index (χ4v) is 3.46. The quantitative estimate of drug-likeness (QED) is 0.539. The topological polar surface area (TPSA) is 97.3 Å². The zero-order valence-corrected chi connectivity index (χ0v) is 18.5. The average Bonchev–Trinajstić information content (AvgIpc) is 2.88. The molecule has 0 aromatic heterocycles. The van der Waals surface area contributed by atoms with Crippen molar-refractivity contribution in [1.29, 1.82) is 0 Å². The van der Waals surface area contributed by atoms with E-state index in [2.05, 4.69) is 10.4 Å². The summed E-state index contributed by atoms with van der Waals surface area (Å²) in [5.74, 6) is -0.935. The van der Waals surface area contributed by atoms with Crippen LogP contribution in [0.15, 0.2) is 90.0 Å². The van der Waals surface area contributed by atoms with Crippen LogP contribution < -0.4 is 15.1 Å². The van der Waals surface area contributed by atoms with Crippen molar-refractivity contribution in [1.82, 2.24) is 0 Å². The van der Waals surface area contributed by atoms with Crippen molar-refractivity contribution in [3.63, 3.8) is 0 Å². The number of para-hydroxylation sites is 1. The Morgan fingerprint density at radius 1 is 0.941 bits per heavy atom. The number of benzene rings is 3. The molecule has 0 spiro atoms. The molecule has 0 saturated heterocycles. The monoisotopic (exact) mass is 457 g/mol. The number of hydrazone groups is 1. The summed E-state index contributed by atoms with van der Waals surface area (Å²) in [7, 11) is 1.53. The normalized spacial score (nSPS) is 14.1. The van der Waals surface area contributed by atoms with Crippen LogP contribution in [0, 0.1) is 0 Å². The van der Waals surface area contributed by atoms with E-state index in [1.807, 2.05) is 6.07 Å². The molecule has 0 aliphatic carbocycles. The molecular formula is C26H23N3O5. The Morgan fingerprint density at radius 2 is 1.65 bits per heavy atom. The molecule has 0 fully saturated rings. The van der Waals surface area contributed by atoms with Crippen molar-refractivity contribution >= 4 is 34.9 Å². The van der Waals surface area contributed by atoms with Gasteiger partial charge in [0, 0.05) is 30.2 Å². The minimum atomic E-state index is -1.22. The first-order valence-corrected chi connectivity index (χ1v) is 10.7. The minimum absolute atomic E-state index is 0.0681. The Balaban J connectivity index is 1.57. The molecule has 4 rings (SSSR count). The lowest BCUT2D eigenvalue weighted by atomic mass is 10.1. The number of rotatable bonds is 7. The number of carbonyl (C=O) groups excluding carboxylic acids is 3. The van der Waals surface area contributed by atoms with Crippen LogP contribution in [-0.2, 0) is 19.1 Å². The lowest BCUT2D eigenvalue weighted by molar-refractivity contribution is -0.148. The van der Waals surface area contributed by atoms with E-state index < -0.39 is 18.0 Å². The number of esters is 1. The second kappa shape index (κ2) is 10.4. The minimum Gasteiger partial charge on any atom is -0.497 e.